The molecule has 2 aliphatic heterocycles. The molecule has 0 spiro atoms. The number of halogens is 1. The summed E-state index contributed by atoms with van der Waals surface area (Å²) in [7, 11) is 0. The molecule has 0 bridgehead atoms. The first-order valence-electron chi connectivity index (χ1n) is 7.16. The van der Waals surface area contributed by atoms with Crippen molar-refractivity contribution in [2.45, 2.75) is 18.9 Å². The van der Waals surface area contributed by atoms with Gasteiger partial charge in [-0.1, -0.05) is 15.9 Å². The minimum absolute atomic E-state index is 0.786. The highest BCUT2D eigenvalue weighted by Crippen LogP contribution is 2.21. The summed E-state index contributed by atoms with van der Waals surface area (Å²) >= 11 is 3.43. The second-order valence-corrected chi connectivity index (χ2v) is 6.35. The topological polar surface area (TPSA) is 15.7 Å². The van der Waals surface area contributed by atoms with E-state index in [0.717, 1.165) is 29.4 Å². The Bertz CT molecular complexity index is 409. The van der Waals surface area contributed by atoms with Crippen LogP contribution in [0.1, 0.15) is 12.8 Å². The predicted molar refractivity (Wildman–Crippen MR) is 80.7 cm³/mol. The highest BCUT2D eigenvalue weighted by Gasteiger charge is 2.30. The number of piperazine rings is 1. The summed E-state index contributed by atoms with van der Waals surface area (Å²) in [5, 5.41) is 0. The Balaban J connectivity index is 1.41. The fourth-order valence-electron chi connectivity index (χ4n) is 3.08. The predicted octanol–water partition coefficient (Wildman–Crippen LogP) is 2.61. The lowest BCUT2D eigenvalue weighted by molar-refractivity contribution is 0.0923. The molecule has 0 saturated carbocycles. The molecule has 1 unspecified atom stereocenters. The van der Waals surface area contributed by atoms with Gasteiger partial charge in [0, 0.05) is 36.7 Å². The molecule has 3 nitrogen and oxygen atoms in total. The fourth-order valence-corrected chi connectivity index (χ4v) is 3.35. The molecule has 0 aliphatic carbocycles. The average Bonchev–Trinajstić information content (AvgIpc) is 2.88. The van der Waals surface area contributed by atoms with Crippen LogP contribution in [0.15, 0.2) is 28.7 Å². The van der Waals surface area contributed by atoms with Crippen LogP contribution in [-0.2, 0) is 0 Å². The third-order valence-corrected chi connectivity index (χ3v) is 4.69. The highest BCUT2D eigenvalue weighted by molar-refractivity contribution is 9.10. The van der Waals surface area contributed by atoms with Gasteiger partial charge < -0.3 is 4.74 Å². The molecular weight excluding hydrogens is 304 g/mol. The zero-order valence-corrected chi connectivity index (χ0v) is 12.8. The van der Waals surface area contributed by atoms with Crippen molar-refractivity contribution in [2.75, 3.05) is 39.3 Å². The van der Waals surface area contributed by atoms with Crippen LogP contribution in [0.3, 0.4) is 0 Å². The molecule has 2 saturated heterocycles. The zero-order valence-electron chi connectivity index (χ0n) is 11.2. The molecule has 3 rings (SSSR count). The number of fused-ring (bicyclic) bond motifs is 1. The van der Waals surface area contributed by atoms with Gasteiger partial charge in [0.15, 0.2) is 0 Å². The van der Waals surface area contributed by atoms with E-state index in [-0.39, 0.29) is 0 Å². The highest BCUT2D eigenvalue weighted by atomic mass is 79.9. The maximum atomic E-state index is 5.80. The Labute approximate surface area is 123 Å². The third-order valence-electron chi connectivity index (χ3n) is 4.16. The summed E-state index contributed by atoms with van der Waals surface area (Å²) < 4.78 is 6.89. The number of nitrogens with zero attached hydrogens (tertiary/aromatic N) is 2. The van der Waals surface area contributed by atoms with Crippen LogP contribution in [0.4, 0.5) is 0 Å². The van der Waals surface area contributed by atoms with Crippen LogP contribution in [0.25, 0.3) is 0 Å². The van der Waals surface area contributed by atoms with E-state index >= 15 is 0 Å². The normalized spacial score (nSPS) is 24.4. The molecule has 104 valence electrons. The minimum Gasteiger partial charge on any atom is -0.492 e. The van der Waals surface area contributed by atoms with E-state index in [1.165, 1.54) is 39.0 Å². The molecule has 19 heavy (non-hydrogen) atoms. The van der Waals surface area contributed by atoms with Crippen molar-refractivity contribution >= 4 is 15.9 Å². The number of ether oxygens (including phenoxy) is 1. The standard InChI is InChI=1S/C15H21BrN2O/c16-13-3-5-15(6-4-13)19-11-10-17-8-9-18-7-1-2-14(18)12-17/h3-6,14H,1-2,7-12H2. The minimum atomic E-state index is 0.786. The number of benzene rings is 1. The lowest BCUT2D eigenvalue weighted by atomic mass is 10.1. The van der Waals surface area contributed by atoms with E-state index in [1.807, 2.05) is 24.3 Å². The zero-order chi connectivity index (χ0) is 13.1. The van der Waals surface area contributed by atoms with Crippen molar-refractivity contribution in [2.24, 2.45) is 0 Å². The van der Waals surface area contributed by atoms with E-state index < -0.39 is 0 Å². The van der Waals surface area contributed by atoms with Crippen molar-refractivity contribution < 1.29 is 4.74 Å². The largest absolute Gasteiger partial charge is 0.492 e. The first kappa shape index (κ1) is 13.4. The Hall–Kier alpha value is -0.580. The molecule has 4 heteroatoms. The smallest absolute Gasteiger partial charge is 0.119 e. The molecule has 0 aromatic heterocycles. The average molecular weight is 325 g/mol. The monoisotopic (exact) mass is 324 g/mol. The van der Waals surface area contributed by atoms with Crippen LogP contribution in [-0.4, -0.2) is 55.2 Å². The van der Waals surface area contributed by atoms with Gasteiger partial charge in [-0.3, -0.25) is 9.80 Å². The Kier molecular flexibility index (Phi) is 4.41. The van der Waals surface area contributed by atoms with Crippen LogP contribution in [0.5, 0.6) is 5.75 Å². The Morgan fingerprint density at radius 3 is 2.84 bits per heavy atom. The molecule has 1 aromatic carbocycles. The van der Waals surface area contributed by atoms with Crippen LogP contribution in [0.2, 0.25) is 0 Å². The summed E-state index contributed by atoms with van der Waals surface area (Å²) in [6, 6.07) is 8.87. The maximum Gasteiger partial charge on any atom is 0.119 e. The van der Waals surface area contributed by atoms with Crippen molar-refractivity contribution in [3.8, 4) is 5.75 Å². The van der Waals surface area contributed by atoms with Gasteiger partial charge in [0.2, 0.25) is 0 Å². The molecule has 0 N–H and O–H groups in total. The third kappa shape index (κ3) is 3.50. The quantitative estimate of drug-likeness (QED) is 0.846. The van der Waals surface area contributed by atoms with Crippen molar-refractivity contribution in [3.05, 3.63) is 28.7 Å². The SMILES string of the molecule is Brc1ccc(OCCN2CCN3CCCC3C2)cc1. The van der Waals surface area contributed by atoms with Crippen LogP contribution >= 0.6 is 15.9 Å². The van der Waals surface area contributed by atoms with Gasteiger partial charge in [0.25, 0.3) is 0 Å². The second-order valence-electron chi connectivity index (χ2n) is 5.44. The fraction of sp³-hybridized carbons (Fsp3) is 0.600. The van der Waals surface area contributed by atoms with Gasteiger partial charge in [-0.15, -0.1) is 0 Å². The second kappa shape index (κ2) is 6.25. The van der Waals surface area contributed by atoms with E-state index in [2.05, 4.69) is 25.7 Å². The first-order chi connectivity index (χ1) is 9.31. The molecule has 2 fully saturated rings. The molecule has 2 aliphatic rings. The number of hydrogen-bond acceptors (Lipinski definition) is 3. The lowest BCUT2D eigenvalue weighted by Crippen LogP contribution is -2.50. The summed E-state index contributed by atoms with van der Waals surface area (Å²) in [5.74, 6) is 0.961. The van der Waals surface area contributed by atoms with Crippen molar-refractivity contribution in [1.82, 2.24) is 9.80 Å². The van der Waals surface area contributed by atoms with E-state index in [1.54, 1.807) is 0 Å². The molecular formula is C15H21BrN2O. The Morgan fingerprint density at radius 1 is 1.16 bits per heavy atom. The van der Waals surface area contributed by atoms with Gasteiger partial charge in [0.1, 0.15) is 12.4 Å². The Morgan fingerprint density at radius 2 is 2.00 bits per heavy atom. The van der Waals surface area contributed by atoms with Gasteiger partial charge in [-0.25, -0.2) is 0 Å². The molecule has 0 amide bonds. The van der Waals surface area contributed by atoms with E-state index in [9.17, 15) is 0 Å². The van der Waals surface area contributed by atoms with Crippen LogP contribution < -0.4 is 4.74 Å². The number of hydrogen-bond donors (Lipinski definition) is 0. The summed E-state index contributed by atoms with van der Waals surface area (Å²) in [4.78, 5) is 5.19. The van der Waals surface area contributed by atoms with E-state index in [0.29, 0.717) is 0 Å². The summed E-state index contributed by atoms with van der Waals surface area (Å²) in [6.07, 6.45) is 2.76. The number of rotatable bonds is 4. The molecule has 1 atom stereocenters. The molecule has 1 aromatic rings. The van der Waals surface area contributed by atoms with Gasteiger partial charge in [-0.2, -0.15) is 0 Å². The van der Waals surface area contributed by atoms with Gasteiger partial charge in [-0.05, 0) is 43.7 Å². The maximum absolute atomic E-state index is 5.80. The van der Waals surface area contributed by atoms with E-state index in [4.69, 9.17) is 4.74 Å². The molecule has 0 radical (unpaired) electrons. The van der Waals surface area contributed by atoms with Crippen LogP contribution in [0, 0.1) is 0 Å². The van der Waals surface area contributed by atoms with Gasteiger partial charge >= 0.3 is 0 Å². The summed E-state index contributed by atoms with van der Waals surface area (Å²) in [5.41, 5.74) is 0. The summed E-state index contributed by atoms with van der Waals surface area (Å²) in [6.45, 7) is 6.80. The first-order valence-corrected chi connectivity index (χ1v) is 7.95. The molecule has 2 heterocycles. The van der Waals surface area contributed by atoms with Crippen molar-refractivity contribution in [1.29, 1.82) is 0 Å². The lowest BCUT2D eigenvalue weighted by Gasteiger charge is -2.37. The van der Waals surface area contributed by atoms with Gasteiger partial charge in [0.05, 0.1) is 0 Å². The van der Waals surface area contributed by atoms with Crippen molar-refractivity contribution in [3.63, 3.8) is 0 Å².